The van der Waals surface area contributed by atoms with E-state index in [4.69, 9.17) is 27.9 Å². The number of esters is 1. The average molecular weight is 414 g/mol. The van der Waals surface area contributed by atoms with Gasteiger partial charge in [0.05, 0.1) is 37.0 Å². The van der Waals surface area contributed by atoms with Crippen molar-refractivity contribution in [1.29, 1.82) is 0 Å². The highest BCUT2D eigenvalue weighted by molar-refractivity contribution is 7.85. The smallest absolute Gasteiger partial charge is 0.340 e. The molecular formula is C18H17Cl2NO4S. The average Bonchev–Trinajstić information content (AvgIpc) is 2.64. The van der Waals surface area contributed by atoms with E-state index in [-0.39, 0.29) is 10.6 Å². The first-order valence-corrected chi connectivity index (χ1v) is 9.85. The van der Waals surface area contributed by atoms with Gasteiger partial charge in [0.25, 0.3) is 5.91 Å². The number of anilines is 1. The Balaban J connectivity index is 2.11. The maximum atomic E-state index is 12.4. The van der Waals surface area contributed by atoms with Crippen molar-refractivity contribution in [2.45, 2.75) is 24.8 Å². The number of carbonyl (C=O) groups excluding carboxylic acids is 2. The number of hydrogen-bond acceptors (Lipinski definition) is 4. The van der Waals surface area contributed by atoms with Crippen molar-refractivity contribution in [2.24, 2.45) is 0 Å². The number of nitrogens with one attached hydrogen (secondary N) is 1. The topological polar surface area (TPSA) is 72.5 Å². The second kappa shape index (κ2) is 9.16. The molecule has 0 saturated carbocycles. The zero-order chi connectivity index (χ0) is 19.3. The van der Waals surface area contributed by atoms with Crippen LogP contribution in [0.2, 0.25) is 10.0 Å². The minimum atomic E-state index is -1.32. The molecule has 0 heterocycles. The Kier molecular flexibility index (Phi) is 7.20. The second-order valence-electron chi connectivity index (χ2n) is 5.27. The van der Waals surface area contributed by atoms with Gasteiger partial charge in [-0.25, -0.2) is 4.79 Å². The molecule has 0 saturated heterocycles. The largest absolute Gasteiger partial charge is 0.449 e. The first-order chi connectivity index (χ1) is 12.3. The summed E-state index contributed by atoms with van der Waals surface area (Å²) >= 11 is 11.9. The van der Waals surface area contributed by atoms with E-state index in [1.807, 2.05) is 0 Å². The lowest BCUT2D eigenvalue weighted by atomic mass is 10.2. The summed E-state index contributed by atoms with van der Waals surface area (Å²) in [6.45, 7) is 3.19. The lowest BCUT2D eigenvalue weighted by molar-refractivity contribution is -0.123. The number of carbonyl (C=O) groups is 2. The normalized spacial score (nSPS) is 12.9. The molecule has 0 radical (unpaired) electrons. The van der Waals surface area contributed by atoms with Gasteiger partial charge in [0, 0.05) is 5.75 Å². The molecule has 2 atom stereocenters. The number of hydrogen-bond donors (Lipinski definition) is 1. The van der Waals surface area contributed by atoms with Crippen molar-refractivity contribution < 1.29 is 18.5 Å². The molecule has 0 spiro atoms. The van der Waals surface area contributed by atoms with Crippen molar-refractivity contribution in [3.05, 3.63) is 58.1 Å². The lowest BCUT2D eigenvalue weighted by Crippen LogP contribution is -2.30. The summed E-state index contributed by atoms with van der Waals surface area (Å²) in [7, 11) is -1.32. The van der Waals surface area contributed by atoms with Gasteiger partial charge in [0.1, 0.15) is 0 Å². The van der Waals surface area contributed by atoms with E-state index in [9.17, 15) is 13.8 Å². The Morgan fingerprint density at radius 1 is 1.15 bits per heavy atom. The van der Waals surface area contributed by atoms with Gasteiger partial charge in [0.2, 0.25) is 0 Å². The Morgan fingerprint density at radius 3 is 2.54 bits per heavy atom. The van der Waals surface area contributed by atoms with Crippen molar-refractivity contribution in [3.8, 4) is 0 Å². The molecule has 8 heteroatoms. The lowest BCUT2D eigenvalue weighted by Gasteiger charge is -2.15. The van der Waals surface area contributed by atoms with E-state index in [1.165, 1.54) is 13.0 Å². The van der Waals surface area contributed by atoms with Gasteiger partial charge >= 0.3 is 5.97 Å². The summed E-state index contributed by atoms with van der Waals surface area (Å²) in [5, 5.41) is 3.06. The zero-order valence-electron chi connectivity index (χ0n) is 14.1. The third-order valence-corrected chi connectivity index (χ3v) is 5.67. The van der Waals surface area contributed by atoms with Crippen LogP contribution in [0.4, 0.5) is 5.69 Å². The molecule has 0 unspecified atom stereocenters. The molecular weight excluding hydrogens is 397 g/mol. The third kappa shape index (κ3) is 4.84. The summed E-state index contributed by atoms with van der Waals surface area (Å²) in [5.41, 5.74) is 0.493. The first kappa shape index (κ1) is 20.4. The van der Waals surface area contributed by atoms with Crippen LogP contribution in [0, 0.1) is 0 Å². The molecule has 2 aromatic carbocycles. The van der Waals surface area contributed by atoms with Crippen molar-refractivity contribution in [2.75, 3.05) is 11.1 Å². The minimum Gasteiger partial charge on any atom is -0.449 e. The number of benzene rings is 2. The highest BCUT2D eigenvalue weighted by Gasteiger charge is 2.22. The maximum Gasteiger partial charge on any atom is 0.340 e. The van der Waals surface area contributed by atoms with E-state index < -0.39 is 28.8 Å². The standard InChI is InChI=1S/C18H17Cl2NO4S/c1-3-26(24)15-10-5-4-7-12(15)18(23)25-11(2)17(22)21-14-9-6-8-13(19)16(14)20/h4-11H,3H2,1-2H3,(H,21,22)/t11-,26-/m1/s1. The van der Waals surface area contributed by atoms with E-state index >= 15 is 0 Å². The van der Waals surface area contributed by atoms with E-state index in [0.717, 1.165) is 0 Å². The molecule has 0 bridgehead atoms. The fourth-order valence-electron chi connectivity index (χ4n) is 2.10. The van der Waals surface area contributed by atoms with Gasteiger partial charge in [-0.05, 0) is 31.2 Å². The molecule has 5 nitrogen and oxygen atoms in total. The summed E-state index contributed by atoms with van der Waals surface area (Å²) in [6.07, 6.45) is -1.08. The monoisotopic (exact) mass is 413 g/mol. The molecule has 0 aromatic heterocycles. The van der Waals surface area contributed by atoms with Crippen LogP contribution < -0.4 is 5.32 Å². The van der Waals surface area contributed by atoms with Gasteiger partial charge in [-0.3, -0.25) is 9.00 Å². The Hall–Kier alpha value is -1.89. The van der Waals surface area contributed by atoms with Crippen LogP contribution in [0.1, 0.15) is 24.2 Å². The van der Waals surface area contributed by atoms with Gasteiger partial charge in [-0.15, -0.1) is 0 Å². The van der Waals surface area contributed by atoms with Gasteiger partial charge < -0.3 is 10.1 Å². The van der Waals surface area contributed by atoms with Crippen LogP contribution in [0.5, 0.6) is 0 Å². The molecule has 0 fully saturated rings. The van der Waals surface area contributed by atoms with Gasteiger partial charge in [0.15, 0.2) is 6.10 Å². The summed E-state index contributed by atoms with van der Waals surface area (Å²) < 4.78 is 17.3. The molecule has 26 heavy (non-hydrogen) atoms. The Labute approximate surface area is 164 Å². The minimum absolute atomic E-state index is 0.174. The number of amides is 1. The second-order valence-corrected chi connectivity index (χ2v) is 7.76. The predicted molar refractivity (Wildman–Crippen MR) is 103 cm³/mol. The fraction of sp³-hybridized carbons (Fsp3) is 0.222. The summed E-state index contributed by atoms with van der Waals surface area (Å²) in [5.74, 6) is -0.910. The summed E-state index contributed by atoms with van der Waals surface area (Å²) in [6, 6.07) is 11.3. The molecule has 0 aliphatic rings. The van der Waals surface area contributed by atoms with Crippen LogP contribution in [0.3, 0.4) is 0 Å². The number of halogens is 2. The third-order valence-electron chi connectivity index (χ3n) is 3.48. The van der Waals surface area contributed by atoms with E-state index in [0.29, 0.717) is 21.4 Å². The van der Waals surface area contributed by atoms with Gasteiger partial charge in [-0.1, -0.05) is 48.3 Å². The van der Waals surface area contributed by atoms with Crippen molar-refractivity contribution in [3.63, 3.8) is 0 Å². The SMILES string of the molecule is CC[S@@](=O)c1ccccc1C(=O)O[C@H](C)C(=O)Nc1cccc(Cl)c1Cl. The Morgan fingerprint density at radius 2 is 1.85 bits per heavy atom. The highest BCUT2D eigenvalue weighted by Crippen LogP contribution is 2.29. The maximum absolute atomic E-state index is 12.4. The van der Waals surface area contributed by atoms with Gasteiger partial charge in [-0.2, -0.15) is 0 Å². The molecule has 1 N–H and O–H groups in total. The van der Waals surface area contributed by atoms with Crippen LogP contribution in [0.15, 0.2) is 47.4 Å². The molecule has 138 valence electrons. The molecule has 0 aliphatic carbocycles. The zero-order valence-corrected chi connectivity index (χ0v) is 16.5. The van der Waals surface area contributed by atoms with E-state index in [2.05, 4.69) is 5.32 Å². The summed E-state index contributed by atoms with van der Waals surface area (Å²) in [4.78, 5) is 25.0. The van der Waals surface area contributed by atoms with Crippen molar-refractivity contribution in [1.82, 2.24) is 0 Å². The van der Waals surface area contributed by atoms with Crippen molar-refractivity contribution >= 4 is 51.6 Å². The quantitative estimate of drug-likeness (QED) is 0.716. The highest BCUT2D eigenvalue weighted by atomic mass is 35.5. The van der Waals surface area contributed by atoms with Crippen LogP contribution in [-0.2, 0) is 20.3 Å². The van der Waals surface area contributed by atoms with Crippen LogP contribution >= 0.6 is 23.2 Å². The number of rotatable bonds is 6. The fourth-order valence-corrected chi connectivity index (χ4v) is 3.39. The molecule has 0 aliphatic heterocycles. The molecule has 2 rings (SSSR count). The molecule has 1 amide bonds. The predicted octanol–water partition coefficient (Wildman–Crippen LogP) is 4.30. The Bertz CT molecular complexity index is 857. The van der Waals surface area contributed by atoms with Crippen LogP contribution in [-0.4, -0.2) is 27.9 Å². The molecule has 2 aromatic rings. The van der Waals surface area contributed by atoms with Crippen LogP contribution in [0.25, 0.3) is 0 Å². The van der Waals surface area contributed by atoms with E-state index in [1.54, 1.807) is 43.3 Å². The number of ether oxygens (including phenoxy) is 1. The first-order valence-electron chi connectivity index (χ1n) is 7.78.